The third-order valence-electron chi connectivity index (χ3n) is 3.40. The molecular formula is C17H16BrN3. The van der Waals surface area contributed by atoms with Crippen molar-refractivity contribution < 1.29 is 0 Å². The predicted molar refractivity (Wildman–Crippen MR) is 89.7 cm³/mol. The van der Waals surface area contributed by atoms with E-state index in [0.717, 1.165) is 15.8 Å². The molecule has 21 heavy (non-hydrogen) atoms. The maximum atomic E-state index is 4.08. The van der Waals surface area contributed by atoms with Crippen LogP contribution in [0.15, 0.2) is 71.7 Å². The summed E-state index contributed by atoms with van der Waals surface area (Å²) in [5, 5.41) is 3.54. The van der Waals surface area contributed by atoms with E-state index < -0.39 is 0 Å². The highest BCUT2D eigenvalue weighted by Crippen LogP contribution is 2.26. The van der Waals surface area contributed by atoms with Crippen molar-refractivity contribution >= 4 is 21.6 Å². The van der Waals surface area contributed by atoms with Gasteiger partial charge in [-0.25, -0.2) is 4.98 Å². The Morgan fingerprint density at radius 1 is 1.14 bits per heavy atom. The number of benzene rings is 2. The van der Waals surface area contributed by atoms with Gasteiger partial charge in [0.25, 0.3) is 0 Å². The lowest BCUT2D eigenvalue weighted by Crippen LogP contribution is -2.07. The molecule has 106 valence electrons. The highest BCUT2D eigenvalue weighted by atomic mass is 79.9. The van der Waals surface area contributed by atoms with Crippen LogP contribution in [0.5, 0.6) is 0 Å². The minimum atomic E-state index is 0.221. The first-order valence-electron chi connectivity index (χ1n) is 6.83. The van der Waals surface area contributed by atoms with Crippen LogP contribution in [-0.2, 0) is 0 Å². The largest absolute Gasteiger partial charge is 0.378 e. The average molecular weight is 342 g/mol. The number of imidazole rings is 1. The van der Waals surface area contributed by atoms with Crippen LogP contribution in [0.4, 0.5) is 5.69 Å². The molecule has 1 aromatic heterocycles. The second-order valence-electron chi connectivity index (χ2n) is 4.91. The van der Waals surface area contributed by atoms with E-state index in [9.17, 15) is 0 Å². The van der Waals surface area contributed by atoms with E-state index in [4.69, 9.17) is 0 Å². The molecule has 0 amide bonds. The fourth-order valence-electron chi connectivity index (χ4n) is 2.32. The summed E-state index contributed by atoms with van der Waals surface area (Å²) < 4.78 is 3.12. The Hall–Kier alpha value is -2.07. The molecule has 0 aliphatic heterocycles. The monoisotopic (exact) mass is 341 g/mol. The van der Waals surface area contributed by atoms with Crippen molar-refractivity contribution in [2.45, 2.75) is 13.0 Å². The quantitative estimate of drug-likeness (QED) is 0.738. The van der Waals surface area contributed by atoms with Gasteiger partial charge in [-0.2, -0.15) is 0 Å². The number of halogens is 1. The van der Waals surface area contributed by atoms with Gasteiger partial charge in [0.1, 0.15) is 0 Å². The third kappa shape index (κ3) is 3.16. The van der Waals surface area contributed by atoms with E-state index in [1.165, 1.54) is 5.56 Å². The lowest BCUT2D eigenvalue weighted by Gasteiger charge is -2.17. The number of aromatic nitrogens is 2. The summed E-state index contributed by atoms with van der Waals surface area (Å²) in [6, 6.07) is 16.8. The van der Waals surface area contributed by atoms with Crippen LogP contribution in [0.1, 0.15) is 18.5 Å². The molecule has 0 fully saturated rings. The molecule has 0 radical (unpaired) electrons. The van der Waals surface area contributed by atoms with Crippen LogP contribution >= 0.6 is 15.9 Å². The predicted octanol–water partition coefficient (Wildman–Crippen LogP) is 4.81. The summed E-state index contributed by atoms with van der Waals surface area (Å²) in [6.45, 7) is 2.16. The zero-order chi connectivity index (χ0) is 14.7. The average Bonchev–Trinajstić information content (AvgIpc) is 3.02. The zero-order valence-electron chi connectivity index (χ0n) is 11.7. The molecule has 3 nitrogen and oxygen atoms in total. The minimum Gasteiger partial charge on any atom is -0.378 e. The van der Waals surface area contributed by atoms with Gasteiger partial charge in [-0.3, -0.25) is 0 Å². The Kier molecular flexibility index (Phi) is 4.06. The summed E-state index contributed by atoms with van der Waals surface area (Å²) in [7, 11) is 0. The Bertz CT molecular complexity index is 722. The van der Waals surface area contributed by atoms with Crippen LogP contribution in [0.3, 0.4) is 0 Å². The fourth-order valence-corrected chi connectivity index (χ4v) is 2.95. The highest BCUT2D eigenvalue weighted by Gasteiger charge is 2.08. The fraction of sp³-hybridized carbons (Fsp3) is 0.118. The molecule has 1 atom stereocenters. The number of hydrogen-bond donors (Lipinski definition) is 1. The zero-order valence-corrected chi connectivity index (χ0v) is 13.3. The molecule has 3 rings (SSSR count). The second-order valence-corrected chi connectivity index (χ2v) is 5.76. The van der Waals surface area contributed by atoms with Gasteiger partial charge in [-0.05, 0) is 36.8 Å². The van der Waals surface area contributed by atoms with Crippen molar-refractivity contribution in [1.82, 2.24) is 9.55 Å². The first kappa shape index (κ1) is 13.9. The molecule has 0 aliphatic carbocycles. The minimum absolute atomic E-state index is 0.221. The summed E-state index contributed by atoms with van der Waals surface area (Å²) in [5.74, 6) is 0. The lowest BCUT2D eigenvalue weighted by atomic mass is 10.1. The maximum Gasteiger partial charge on any atom is 0.0991 e. The Labute approximate surface area is 132 Å². The van der Waals surface area contributed by atoms with Crippen LogP contribution in [0, 0.1) is 0 Å². The van der Waals surface area contributed by atoms with E-state index >= 15 is 0 Å². The molecule has 1 N–H and O–H groups in total. The van der Waals surface area contributed by atoms with Crippen molar-refractivity contribution in [2.75, 3.05) is 5.32 Å². The number of anilines is 1. The molecule has 0 aliphatic rings. The Balaban J connectivity index is 1.82. The smallest absolute Gasteiger partial charge is 0.0991 e. The highest BCUT2D eigenvalue weighted by molar-refractivity contribution is 9.10. The first-order chi connectivity index (χ1) is 10.2. The van der Waals surface area contributed by atoms with Crippen LogP contribution in [-0.4, -0.2) is 9.55 Å². The van der Waals surface area contributed by atoms with Crippen molar-refractivity contribution in [3.05, 3.63) is 77.3 Å². The molecule has 2 aromatic carbocycles. The molecule has 1 unspecified atom stereocenters. The Morgan fingerprint density at radius 3 is 2.76 bits per heavy atom. The van der Waals surface area contributed by atoms with Crippen molar-refractivity contribution in [3.8, 4) is 5.69 Å². The van der Waals surface area contributed by atoms with E-state index in [1.807, 2.05) is 22.9 Å². The van der Waals surface area contributed by atoms with E-state index in [1.54, 1.807) is 12.5 Å². The topological polar surface area (TPSA) is 29.9 Å². The summed E-state index contributed by atoms with van der Waals surface area (Å²) in [5.41, 5.74) is 3.42. The molecule has 0 spiro atoms. The first-order valence-corrected chi connectivity index (χ1v) is 7.63. The molecular weight excluding hydrogens is 326 g/mol. The number of hydrogen-bond acceptors (Lipinski definition) is 2. The normalized spacial score (nSPS) is 12.1. The number of nitrogens with zero attached hydrogens (tertiary/aromatic N) is 2. The summed E-state index contributed by atoms with van der Waals surface area (Å²) in [6.07, 6.45) is 5.52. The molecule has 0 bridgehead atoms. The molecule has 3 aromatic rings. The van der Waals surface area contributed by atoms with Crippen LogP contribution < -0.4 is 5.32 Å². The summed E-state index contributed by atoms with van der Waals surface area (Å²) >= 11 is 3.60. The van der Waals surface area contributed by atoms with Crippen molar-refractivity contribution in [3.63, 3.8) is 0 Å². The van der Waals surface area contributed by atoms with Gasteiger partial charge >= 0.3 is 0 Å². The Morgan fingerprint density at radius 2 is 2.00 bits per heavy atom. The molecule has 0 saturated heterocycles. The molecule has 1 heterocycles. The van der Waals surface area contributed by atoms with E-state index in [2.05, 4.69) is 69.6 Å². The SMILES string of the molecule is CC(Nc1cccc(-n2ccnc2)c1)c1ccccc1Br. The van der Waals surface area contributed by atoms with Gasteiger partial charge in [0, 0.05) is 34.3 Å². The van der Waals surface area contributed by atoms with Gasteiger partial charge < -0.3 is 9.88 Å². The number of rotatable bonds is 4. The van der Waals surface area contributed by atoms with Gasteiger partial charge in [0.15, 0.2) is 0 Å². The van der Waals surface area contributed by atoms with Gasteiger partial charge in [0.05, 0.1) is 6.33 Å². The standard InChI is InChI=1S/C17H16BrN3/c1-13(16-7-2-3-8-17(16)18)20-14-5-4-6-15(11-14)21-10-9-19-12-21/h2-13,20H,1H3. The molecule has 4 heteroatoms. The van der Waals surface area contributed by atoms with E-state index in [0.29, 0.717) is 0 Å². The molecule has 0 saturated carbocycles. The van der Waals surface area contributed by atoms with Crippen molar-refractivity contribution in [2.24, 2.45) is 0 Å². The van der Waals surface area contributed by atoms with Crippen LogP contribution in [0.25, 0.3) is 5.69 Å². The third-order valence-corrected chi connectivity index (χ3v) is 4.13. The van der Waals surface area contributed by atoms with E-state index in [-0.39, 0.29) is 6.04 Å². The van der Waals surface area contributed by atoms with Gasteiger partial charge in [-0.15, -0.1) is 0 Å². The van der Waals surface area contributed by atoms with Crippen molar-refractivity contribution in [1.29, 1.82) is 0 Å². The maximum absolute atomic E-state index is 4.08. The summed E-state index contributed by atoms with van der Waals surface area (Å²) in [4.78, 5) is 4.08. The number of nitrogens with one attached hydrogen (secondary N) is 1. The van der Waals surface area contributed by atoms with Gasteiger partial charge in [0.2, 0.25) is 0 Å². The van der Waals surface area contributed by atoms with Crippen LogP contribution in [0.2, 0.25) is 0 Å². The lowest BCUT2D eigenvalue weighted by molar-refractivity contribution is 0.878. The second kappa shape index (κ2) is 6.14. The van der Waals surface area contributed by atoms with Gasteiger partial charge in [-0.1, -0.05) is 40.2 Å².